The fraction of sp³-hybridized carbons (Fsp3) is 0.857. The second-order valence-corrected chi connectivity index (χ2v) is 5.21. The summed E-state index contributed by atoms with van der Waals surface area (Å²) in [6, 6.07) is -0.0961. The van der Waals surface area contributed by atoms with Crippen molar-refractivity contribution in [2.24, 2.45) is 11.7 Å². The lowest BCUT2D eigenvalue weighted by Crippen LogP contribution is -2.27. The van der Waals surface area contributed by atoms with Crippen LogP contribution in [0.25, 0.3) is 0 Å². The highest BCUT2D eigenvalue weighted by molar-refractivity contribution is 5.92. The molecule has 0 amide bonds. The van der Waals surface area contributed by atoms with Gasteiger partial charge in [0.1, 0.15) is 6.23 Å². The summed E-state index contributed by atoms with van der Waals surface area (Å²) in [5.74, 6) is -3.90. The average molecular weight is 306 g/mol. The molecular formula is C14H30N2O5. The third kappa shape index (κ3) is 12.3. The van der Waals surface area contributed by atoms with Crippen LogP contribution < -0.4 is 5.73 Å². The number of nitrogens with zero attached hydrogens (tertiary/aromatic N) is 1. The molecule has 0 aliphatic heterocycles. The minimum absolute atomic E-state index is 0.0961. The van der Waals surface area contributed by atoms with E-state index in [1.807, 2.05) is 27.9 Å². The monoisotopic (exact) mass is 306 g/mol. The minimum atomic E-state index is -1.32. The largest absolute Gasteiger partial charge is 0.481 e. The topological polar surface area (TPSA) is 124 Å². The van der Waals surface area contributed by atoms with Crippen LogP contribution >= 0.6 is 0 Å². The minimum Gasteiger partial charge on any atom is -0.481 e. The summed E-state index contributed by atoms with van der Waals surface area (Å²) in [4.78, 5) is 22.8. The first-order valence-electron chi connectivity index (χ1n) is 7.22. The molecule has 7 nitrogen and oxygen atoms in total. The molecule has 21 heavy (non-hydrogen) atoms. The third-order valence-corrected chi connectivity index (χ3v) is 3.04. The Morgan fingerprint density at radius 2 is 1.52 bits per heavy atom. The Labute approximate surface area is 126 Å². The molecule has 0 bridgehead atoms. The van der Waals surface area contributed by atoms with Gasteiger partial charge in [-0.25, -0.2) is 0 Å². The molecular weight excluding hydrogens is 276 g/mol. The summed E-state index contributed by atoms with van der Waals surface area (Å²) in [7, 11) is 3.71. The van der Waals surface area contributed by atoms with Crippen molar-refractivity contribution >= 4 is 11.9 Å². The average Bonchev–Trinajstić information content (AvgIpc) is 2.38. The number of aliphatic hydroxyl groups excluding tert-OH is 1. The number of aliphatic carboxylic acids is 2. The van der Waals surface area contributed by atoms with Crippen molar-refractivity contribution in [3.63, 3.8) is 0 Å². The van der Waals surface area contributed by atoms with Gasteiger partial charge in [0.25, 0.3) is 0 Å². The van der Waals surface area contributed by atoms with Crippen molar-refractivity contribution in [2.45, 2.75) is 58.2 Å². The third-order valence-electron chi connectivity index (χ3n) is 3.04. The Hall–Kier alpha value is -1.18. The summed E-state index contributed by atoms with van der Waals surface area (Å²) in [6.45, 7) is 3.93. The van der Waals surface area contributed by atoms with Crippen LogP contribution in [0.2, 0.25) is 0 Å². The van der Waals surface area contributed by atoms with E-state index in [1.165, 1.54) is 0 Å². The van der Waals surface area contributed by atoms with E-state index in [0.717, 1.165) is 19.3 Å². The van der Waals surface area contributed by atoms with Crippen molar-refractivity contribution in [1.29, 1.82) is 0 Å². The van der Waals surface area contributed by atoms with Gasteiger partial charge in [0.05, 0.1) is 0 Å². The lowest BCUT2D eigenvalue weighted by atomic mass is 9.98. The van der Waals surface area contributed by atoms with Crippen LogP contribution in [0.4, 0.5) is 0 Å². The molecule has 5 N–H and O–H groups in total. The molecule has 0 aromatic heterocycles. The van der Waals surface area contributed by atoms with Gasteiger partial charge < -0.3 is 21.1 Å². The van der Waals surface area contributed by atoms with Crippen molar-refractivity contribution in [3.05, 3.63) is 0 Å². The summed E-state index contributed by atoms with van der Waals surface area (Å²) in [5.41, 5.74) is 5.65. The second-order valence-electron chi connectivity index (χ2n) is 5.21. The summed E-state index contributed by atoms with van der Waals surface area (Å²) < 4.78 is 0. The van der Waals surface area contributed by atoms with Gasteiger partial charge in [0, 0.05) is 6.04 Å². The standard InChI is InChI=1S/C9H17NO4.C5H13NO/c1-2-3-6(10)4-5-7(8(11)12)9(13)14;1-4-5(7)6(2)3/h6-7H,2-5,10H2,1H3,(H,11,12)(H,13,14);5,7H,4H2,1-3H3. The SMILES string of the molecule is CCC(O)N(C)C.CCCC(N)CCC(C(=O)O)C(=O)O. The van der Waals surface area contributed by atoms with Crippen LogP contribution in [0.15, 0.2) is 0 Å². The van der Waals surface area contributed by atoms with Gasteiger partial charge in [-0.3, -0.25) is 14.5 Å². The van der Waals surface area contributed by atoms with E-state index < -0.39 is 17.9 Å². The zero-order valence-corrected chi connectivity index (χ0v) is 13.5. The lowest BCUT2D eigenvalue weighted by molar-refractivity contribution is -0.154. The van der Waals surface area contributed by atoms with E-state index in [9.17, 15) is 9.59 Å². The predicted molar refractivity (Wildman–Crippen MR) is 80.9 cm³/mol. The Morgan fingerprint density at radius 1 is 1.05 bits per heavy atom. The van der Waals surface area contributed by atoms with Crippen LogP contribution in [-0.2, 0) is 9.59 Å². The van der Waals surface area contributed by atoms with Crippen molar-refractivity contribution in [1.82, 2.24) is 4.90 Å². The van der Waals surface area contributed by atoms with Gasteiger partial charge in [-0.1, -0.05) is 20.3 Å². The molecule has 0 aromatic rings. The Bertz CT molecular complexity index is 283. The second kappa shape index (κ2) is 12.6. The number of hydrogen-bond acceptors (Lipinski definition) is 5. The number of nitrogens with two attached hydrogens (primary N) is 1. The van der Waals surface area contributed by atoms with Gasteiger partial charge >= 0.3 is 11.9 Å². The predicted octanol–water partition coefficient (Wildman–Crippen LogP) is 0.956. The highest BCUT2D eigenvalue weighted by Crippen LogP contribution is 2.11. The maximum absolute atomic E-state index is 10.5. The zero-order chi connectivity index (χ0) is 17.0. The molecule has 7 heteroatoms. The molecule has 2 unspecified atom stereocenters. The van der Waals surface area contributed by atoms with Crippen LogP contribution in [0.3, 0.4) is 0 Å². The number of hydrogen-bond donors (Lipinski definition) is 4. The number of aliphatic hydroxyl groups is 1. The maximum atomic E-state index is 10.5. The van der Waals surface area contributed by atoms with Crippen LogP contribution in [0, 0.1) is 5.92 Å². The highest BCUT2D eigenvalue weighted by atomic mass is 16.4. The van der Waals surface area contributed by atoms with Gasteiger partial charge in [-0.2, -0.15) is 0 Å². The normalized spacial score (nSPS) is 13.5. The highest BCUT2D eigenvalue weighted by Gasteiger charge is 2.25. The zero-order valence-electron chi connectivity index (χ0n) is 13.5. The van der Waals surface area contributed by atoms with E-state index >= 15 is 0 Å². The maximum Gasteiger partial charge on any atom is 0.317 e. The van der Waals surface area contributed by atoms with Gasteiger partial charge in [-0.15, -0.1) is 0 Å². The Kier molecular flexibility index (Phi) is 13.2. The molecule has 126 valence electrons. The van der Waals surface area contributed by atoms with Gasteiger partial charge in [0.15, 0.2) is 5.92 Å². The quantitative estimate of drug-likeness (QED) is 0.369. The van der Waals surface area contributed by atoms with E-state index in [1.54, 1.807) is 4.90 Å². The fourth-order valence-electron chi connectivity index (χ4n) is 1.61. The summed E-state index contributed by atoms with van der Waals surface area (Å²) in [5, 5.41) is 26.0. The molecule has 0 heterocycles. The number of rotatable bonds is 9. The van der Waals surface area contributed by atoms with E-state index in [-0.39, 0.29) is 18.7 Å². The van der Waals surface area contributed by atoms with Crippen LogP contribution in [0.1, 0.15) is 46.0 Å². The first-order chi connectivity index (χ1) is 9.67. The molecule has 0 saturated heterocycles. The van der Waals surface area contributed by atoms with Gasteiger partial charge in [-0.05, 0) is 39.8 Å². The number of carboxylic acids is 2. The van der Waals surface area contributed by atoms with E-state index in [0.29, 0.717) is 6.42 Å². The van der Waals surface area contributed by atoms with Crippen molar-refractivity contribution in [2.75, 3.05) is 14.1 Å². The molecule has 0 fully saturated rings. The molecule has 0 saturated carbocycles. The van der Waals surface area contributed by atoms with Crippen LogP contribution in [0.5, 0.6) is 0 Å². The summed E-state index contributed by atoms with van der Waals surface area (Å²) >= 11 is 0. The smallest absolute Gasteiger partial charge is 0.317 e. The van der Waals surface area contributed by atoms with Crippen molar-refractivity contribution < 1.29 is 24.9 Å². The fourth-order valence-corrected chi connectivity index (χ4v) is 1.61. The van der Waals surface area contributed by atoms with E-state index in [4.69, 9.17) is 21.1 Å². The van der Waals surface area contributed by atoms with Gasteiger partial charge in [0.2, 0.25) is 0 Å². The number of carboxylic acid groups (broad SMARTS) is 2. The molecule has 0 rings (SSSR count). The Morgan fingerprint density at radius 3 is 1.76 bits per heavy atom. The molecule has 0 aromatic carbocycles. The molecule has 0 aliphatic carbocycles. The van der Waals surface area contributed by atoms with Crippen molar-refractivity contribution in [3.8, 4) is 0 Å². The first-order valence-corrected chi connectivity index (χ1v) is 7.22. The molecule has 2 atom stereocenters. The van der Waals surface area contributed by atoms with E-state index in [2.05, 4.69) is 0 Å². The first kappa shape index (κ1) is 22.1. The van der Waals surface area contributed by atoms with Crippen LogP contribution in [-0.4, -0.2) is 58.5 Å². The Balaban J connectivity index is 0. The molecule has 0 spiro atoms. The summed E-state index contributed by atoms with van der Waals surface area (Å²) in [6.07, 6.45) is 2.80. The molecule has 0 radical (unpaired) electrons. The lowest BCUT2D eigenvalue weighted by Gasteiger charge is -2.15. The number of carbonyl (C=O) groups is 2. The molecule has 0 aliphatic rings.